The molecule has 0 aromatic heterocycles. The molecule has 3 rings (SSSR count). The molecule has 1 aromatic rings. The van der Waals surface area contributed by atoms with E-state index < -0.39 is 0 Å². The number of amides is 1. The van der Waals surface area contributed by atoms with E-state index in [1.54, 1.807) is 13.2 Å². The molecule has 5 nitrogen and oxygen atoms in total. The van der Waals surface area contributed by atoms with Crippen LogP contribution in [0.4, 0.5) is 0 Å². The molecule has 1 amide bonds. The summed E-state index contributed by atoms with van der Waals surface area (Å²) in [6.45, 7) is 3.46. The Kier molecular flexibility index (Phi) is 4.24. The first-order valence-electron chi connectivity index (χ1n) is 7.51. The third-order valence-corrected chi connectivity index (χ3v) is 4.00. The molecule has 0 radical (unpaired) electrons. The van der Waals surface area contributed by atoms with Crippen LogP contribution in [0, 0.1) is 12.8 Å². The van der Waals surface area contributed by atoms with Gasteiger partial charge in [0.2, 0.25) is 0 Å². The van der Waals surface area contributed by atoms with Gasteiger partial charge < -0.3 is 14.8 Å². The van der Waals surface area contributed by atoms with Crippen LogP contribution in [-0.4, -0.2) is 32.1 Å². The van der Waals surface area contributed by atoms with Crippen LogP contribution in [0.5, 0.6) is 5.75 Å². The normalized spacial score (nSPS) is 20.9. The molecule has 0 spiro atoms. The number of aliphatic imine (C=N–C) groups is 1. The quantitative estimate of drug-likeness (QED) is 0.871. The van der Waals surface area contributed by atoms with Crippen molar-refractivity contribution in [1.82, 2.24) is 5.32 Å². The number of benzene rings is 1. The Morgan fingerprint density at radius 3 is 2.86 bits per heavy atom. The Morgan fingerprint density at radius 1 is 1.36 bits per heavy atom. The van der Waals surface area contributed by atoms with Gasteiger partial charge in [-0.2, -0.15) is 0 Å². The fraction of sp³-hybridized carbons (Fsp3) is 0.412. The predicted molar refractivity (Wildman–Crippen MR) is 84.8 cm³/mol. The maximum atomic E-state index is 12.2. The van der Waals surface area contributed by atoms with Crippen molar-refractivity contribution in [2.75, 3.05) is 20.3 Å². The summed E-state index contributed by atoms with van der Waals surface area (Å²) in [5.41, 5.74) is 2.41. The summed E-state index contributed by atoms with van der Waals surface area (Å²) in [6.07, 6.45) is 3.59. The van der Waals surface area contributed by atoms with Crippen molar-refractivity contribution >= 4 is 17.8 Å². The minimum atomic E-state index is -0.148. The van der Waals surface area contributed by atoms with Crippen molar-refractivity contribution in [3.63, 3.8) is 0 Å². The second-order valence-corrected chi connectivity index (χ2v) is 5.61. The van der Waals surface area contributed by atoms with E-state index in [2.05, 4.69) is 10.3 Å². The Labute approximate surface area is 130 Å². The van der Waals surface area contributed by atoms with Gasteiger partial charge in [0.05, 0.1) is 7.11 Å². The molecule has 0 saturated carbocycles. The van der Waals surface area contributed by atoms with Gasteiger partial charge in [0, 0.05) is 24.7 Å². The van der Waals surface area contributed by atoms with Crippen molar-refractivity contribution in [2.24, 2.45) is 10.9 Å². The van der Waals surface area contributed by atoms with E-state index >= 15 is 0 Å². The van der Waals surface area contributed by atoms with Gasteiger partial charge in [-0.1, -0.05) is 11.6 Å². The molecule has 0 unspecified atom stereocenters. The number of amidine groups is 1. The number of carbonyl (C=O) groups is 1. The molecule has 0 aliphatic carbocycles. The molecule has 5 heteroatoms. The van der Waals surface area contributed by atoms with Crippen LogP contribution in [0.15, 0.2) is 28.9 Å². The number of nitrogens with zero attached hydrogens (tertiary/aromatic N) is 1. The Morgan fingerprint density at radius 2 is 2.14 bits per heavy atom. The standard InChI is InChI=1S/C17H20N2O3/c1-11-3-4-15(21-2)13(9-11)10-14-17(20)19-16(18-14)12-5-7-22-8-6-12/h3-4,9-10,12H,5-8H2,1-2H3,(H,18,19,20)/b14-10+. The molecule has 116 valence electrons. The molecule has 1 saturated heterocycles. The second kappa shape index (κ2) is 6.32. The van der Waals surface area contributed by atoms with E-state index in [0.29, 0.717) is 5.70 Å². The fourth-order valence-electron chi connectivity index (χ4n) is 2.76. The van der Waals surface area contributed by atoms with Gasteiger partial charge >= 0.3 is 0 Å². The highest BCUT2D eigenvalue weighted by molar-refractivity contribution is 6.15. The summed E-state index contributed by atoms with van der Waals surface area (Å²) in [5.74, 6) is 1.64. The molecular weight excluding hydrogens is 280 g/mol. The van der Waals surface area contributed by atoms with Gasteiger partial charge in [-0.25, -0.2) is 4.99 Å². The second-order valence-electron chi connectivity index (χ2n) is 5.61. The van der Waals surface area contributed by atoms with E-state index in [0.717, 1.165) is 48.8 Å². The number of methoxy groups -OCH3 is 1. The summed E-state index contributed by atoms with van der Waals surface area (Å²) >= 11 is 0. The molecule has 1 N–H and O–H groups in total. The summed E-state index contributed by atoms with van der Waals surface area (Å²) < 4.78 is 10.7. The first-order valence-corrected chi connectivity index (χ1v) is 7.51. The van der Waals surface area contributed by atoms with Crippen LogP contribution in [-0.2, 0) is 9.53 Å². The van der Waals surface area contributed by atoms with Crippen molar-refractivity contribution in [1.29, 1.82) is 0 Å². The maximum absolute atomic E-state index is 12.2. The minimum absolute atomic E-state index is 0.148. The Balaban J connectivity index is 1.89. The molecular formula is C17H20N2O3. The van der Waals surface area contributed by atoms with Gasteiger partial charge in [-0.3, -0.25) is 4.79 Å². The molecule has 1 fully saturated rings. The van der Waals surface area contributed by atoms with E-state index in [1.807, 2.05) is 25.1 Å². The number of rotatable bonds is 3. The van der Waals surface area contributed by atoms with Gasteiger partial charge in [0.15, 0.2) is 0 Å². The van der Waals surface area contributed by atoms with E-state index in [1.165, 1.54) is 0 Å². The van der Waals surface area contributed by atoms with Crippen LogP contribution >= 0.6 is 0 Å². The summed E-state index contributed by atoms with van der Waals surface area (Å²) in [4.78, 5) is 16.6. The third-order valence-electron chi connectivity index (χ3n) is 4.00. The minimum Gasteiger partial charge on any atom is -0.496 e. The van der Waals surface area contributed by atoms with Crippen LogP contribution in [0.1, 0.15) is 24.0 Å². The molecule has 2 aliphatic heterocycles. The van der Waals surface area contributed by atoms with Gasteiger partial charge in [0.25, 0.3) is 5.91 Å². The zero-order valence-electron chi connectivity index (χ0n) is 12.9. The molecule has 22 heavy (non-hydrogen) atoms. The van der Waals surface area contributed by atoms with Gasteiger partial charge in [-0.15, -0.1) is 0 Å². The van der Waals surface area contributed by atoms with Gasteiger partial charge in [-0.05, 0) is 38.0 Å². The number of hydrogen-bond acceptors (Lipinski definition) is 4. The van der Waals surface area contributed by atoms with Crippen molar-refractivity contribution < 1.29 is 14.3 Å². The largest absolute Gasteiger partial charge is 0.496 e. The molecule has 2 aliphatic rings. The zero-order chi connectivity index (χ0) is 15.5. The summed E-state index contributed by atoms with van der Waals surface area (Å²) in [7, 11) is 1.62. The topological polar surface area (TPSA) is 59.9 Å². The molecule has 1 aromatic carbocycles. The monoisotopic (exact) mass is 300 g/mol. The fourth-order valence-corrected chi connectivity index (χ4v) is 2.76. The number of carbonyl (C=O) groups excluding carboxylic acids is 1. The van der Waals surface area contributed by atoms with Crippen LogP contribution in [0.2, 0.25) is 0 Å². The molecule has 2 heterocycles. The SMILES string of the molecule is COc1ccc(C)cc1/C=C1/N=C(C2CCOCC2)NC1=O. The lowest BCUT2D eigenvalue weighted by atomic mass is 9.99. The molecule has 0 bridgehead atoms. The Bertz CT molecular complexity index is 643. The number of ether oxygens (including phenoxy) is 2. The maximum Gasteiger partial charge on any atom is 0.275 e. The highest BCUT2D eigenvalue weighted by Crippen LogP contribution is 2.25. The Hall–Kier alpha value is -2.14. The summed E-state index contributed by atoms with van der Waals surface area (Å²) in [6, 6.07) is 5.87. The van der Waals surface area contributed by atoms with E-state index in [9.17, 15) is 4.79 Å². The van der Waals surface area contributed by atoms with Crippen molar-refractivity contribution in [2.45, 2.75) is 19.8 Å². The van der Waals surface area contributed by atoms with Crippen LogP contribution < -0.4 is 10.1 Å². The van der Waals surface area contributed by atoms with Crippen molar-refractivity contribution in [3.05, 3.63) is 35.0 Å². The van der Waals surface area contributed by atoms with Crippen LogP contribution in [0.3, 0.4) is 0 Å². The number of aryl methyl sites for hydroxylation is 1. The third kappa shape index (κ3) is 3.04. The first-order chi connectivity index (χ1) is 10.7. The van der Waals surface area contributed by atoms with Crippen molar-refractivity contribution in [3.8, 4) is 5.75 Å². The highest BCUT2D eigenvalue weighted by atomic mass is 16.5. The number of hydrogen-bond donors (Lipinski definition) is 1. The smallest absolute Gasteiger partial charge is 0.275 e. The predicted octanol–water partition coefficient (Wildman–Crippen LogP) is 2.30. The zero-order valence-corrected chi connectivity index (χ0v) is 12.9. The molecule has 0 atom stereocenters. The summed E-state index contributed by atoms with van der Waals surface area (Å²) in [5, 5.41) is 2.89. The highest BCUT2D eigenvalue weighted by Gasteiger charge is 2.28. The average molecular weight is 300 g/mol. The van der Waals surface area contributed by atoms with E-state index in [4.69, 9.17) is 9.47 Å². The van der Waals surface area contributed by atoms with Gasteiger partial charge in [0.1, 0.15) is 17.3 Å². The lowest BCUT2D eigenvalue weighted by molar-refractivity contribution is -0.115. The van der Waals surface area contributed by atoms with Crippen LogP contribution in [0.25, 0.3) is 6.08 Å². The number of nitrogens with one attached hydrogen (secondary N) is 1. The first kappa shape index (κ1) is 14.8. The lowest BCUT2D eigenvalue weighted by Gasteiger charge is -2.21. The van der Waals surface area contributed by atoms with E-state index in [-0.39, 0.29) is 11.8 Å². The lowest BCUT2D eigenvalue weighted by Crippen LogP contribution is -2.33. The average Bonchev–Trinajstić information content (AvgIpc) is 2.90.